The second-order valence-corrected chi connectivity index (χ2v) is 14.5. The van der Waals surface area contributed by atoms with Crippen molar-refractivity contribution in [2.45, 2.75) is 128 Å². The van der Waals surface area contributed by atoms with Gasteiger partial charge in [-0.2, -0.15) is 0 Å². The van der Waals surface area contributed by atoms with Crippen LogP contribution in [0.25, 0.3) is 0 Å². The molecule has 0 rings (SSSR count). The van der Waals surface area contributed by atoms with Gasteiger partial charge in [0.05, 0.1) is 12.7 Å². The van der Waals surface area contributed by atoms with Crippen LogP contribution < -0.4 is 16.4 Å². The topological polar surface area (TPSA) is 93.4 Å². The number of carbonyl (C=O) groups is 2. The first-order chi connectivity index (χ1) is 16.3. The molecule has 0 aromatic rings. The van der Waals surface area contributed by atoms with E-state index in [-0.39, 0.29) is 11.1 Å². The van der Waals surface area contributed by atoms with Crippen LogP contribution in [-0.4, -0.2) is 56.7 Å². The van der Waals surface area contributed by atoms with Crippen molar-refractivity contribution in [3.8, 4) is 0 Å². The number of hydrogen-bond donors (Lipinski definition) is 3. The Morgan fingerprint density at radius 2 is 1.36 bits per heavy atom. The smallest absolute Gasteiger partial charge is 0.240 e. The lowest BCUT2D eigenvalue weighted by molar-refractivity contribution is -0.110. The molecule has 1 atom stereocenters. The molecule has 4 N–H and O–H groups in total. The molecular formula is C29H66N3O3P. The quantitative estimate of drug-likeness (QED) is 0.157. The molecule has 2 amide bonds. The van der Waals surface area contributed by atoms with Gasteiger partial charge in [-0.25, -0.2) is 0 Å². The highest BCUT2D eigenvalue weighted by atomic mass is 31.1. The SMILES string of the molecule is CC.CC.CCC(C)(C)CC(C)(C)COC(C)C.CP(C)C(=O)NCC(C)(N)CC(C)(C)CNC=O. The Balaban J connectivity index is -0.000000255. The van der Waals surface area contributed by atoms with Gasteiger partial charge >= 0.3 is 0 Å². The molecule has 0 spiro atoms. The van der Waals surface area contributed by atoms with E-state index in [2.05, 4.69) is 59.1 Å². The minimum absolute atomic E-state index is 0.0745. The van der Waals surface area contributed by atoms with E-state index in [0.717, 1.165) is 6.61 Å². The van der Waals surface area contributed by atoms with Crippen molar-refractivity contribution in [2.24, 2.45) is 22.0 Å². The molecule has 0 aromatic heterocycles. The van der Waals surface area contributed by atoms with Crippen molar-refractivity contribution in [1.29, 1.82) is 0 Å². The van der Waals surface area contributed by atoms with Gasteiger partial charge in [0, 0.05) is 18.6 Å². The summed E-state index contributed by atoms with van der Waals surface area (Å²) in [6.45, 7) is 35.5. The number of amides is 2. The van der Waals surface area contributed by atoms with Crippen LogP contribution in [0.15, 0.2) is 0 Å². The molecule has 0 aromatic carbocycles. The maximum Gasteiger partial charge on any atom is 0.240 e. The Morgan fingerprint density at radius 3 is 1.72 bits per heavy atom. The number of carbonyl (C=O) groups excluding carboxylic acids is 2. The number of nitrogens with one attached hydrogen (secondary N) is 2. The molecule has 36 heavy (non-hydrogen) atoms. The van der Waals surface area contributed by atoms with Crippen molar-refractivity contribution in [3.05, 3.63) is 0 Å². The average Bonchev–Trinajstić information content (AvgIpc) is 2.76. The molecule has 0 bridgehead atoms. The number of rotatable bonds is 14. The summed E-state index contributed by atoms with van der Waals surface area (Å²) >= 11 is 0. The van der Waals surface area contributed by atoms with E-state index in [4.69, 9.17) is 10.5 Å². The maximum absolute atomic E-state index is 11.5. The largest absolute Gasteiger partial charge is 0.378 e. The fraction of sp³-hybridized carbons (Fsp3) is 0.931. The van der Waals surface area contributed by atoms with Crippen LogP contribution in [0.2, 0.25) is 0 Å². The summed E-state index contributed by atoms with van der Waals surface area (Å²) in [4.78, 5) is 21.8. The molecule has 0 radical (unpaired) electrons. The van der Waals surface area contributed by atoms with E-state index >= 15 is 0 Å². The van der Waals surface area contributed by atoms with Gasteiger partial charge in [-0.15, -0.1) is 0 Å². The minimum Gasteiger partial charge on any atom is -0.378 e. The van der Waals surface area contributed by atoms with Gasteiger partial charge < -0.3 is 21.1 Å². The molecule has 220 valence electrons. The van der Waals surface area contributed by atoms with Gasteiger partial charge in [0.1, 0.15) is 0 Å². The maximum atomic E-state index is 11.5. The second kappa shape index (κ2) is 21.2. The van der Waals surface area contributed by atoms with E-state index < -0.39 is 13.5 Å². The minimum atomic E-state index is -0.621. The van der Waals surface area contributed by atoms with Gasteiger partial charge in [-0.05, 0) is 71.1 Å². The van der Waals surface area contributed by atoms with Gasteiger partial charge in [0.25, 0.3) is 0 Å². The Morgan fingerprint density at radius 1 is 0.889 bits per heavy atom. The molecule has 0 fully saturated rings. The molecule has 0 aliphatic heterocycles. The molecule has 1 unspecified atom stereocenters. The van der Waals surface area contributed by atoms with Crippen molar-refractivity contribution >= 4 is 20.0 Å². The van der Waals surface area contributed by atoms with Crippen molar-refractivity contribution in [1.82, 2.24) is 10.6 Å². The van der Waals surface area contributed by atoms with Crippen LogP contribution in [0.4, 0.5) is 4.79 Å². The lowest BCUT2D eigenvalue weighted by Crippen LogP contribution is -2.51. The summed E-state index contributed by atoms with van der Waals surface area (Å²) in [5.41, 5.74) is 6.43. The molecular weight excluding hydrogens is 469 g/mol. The Bertz CT molecular complexity index is 546. The van der Waals surface area contributed by atoms with Crippen LogP contribution in [0, 0.1) is 16.2 Å². The summed E-state index contributed by atoms with van der Waals surface area (Å²) in [6.07, 6.45) is 4.21. The number of hydrogen-bond acceptors (Lipinski definition) is 4. The summed E-state index contributed by atoms with van der Waals surface area (Å²) in [6, 6.07) is 0. The van der Waals surface area contributed by atoms with E-state index in [9.17, 15) is 9.59 Å². The van der Waals surface area contributed by atoms with E-state index in [1.807, 2.05) is 61.8 Å². The van der Waals surface area contributed by atoms with Crippen LogP contribution in [0.1, 0.15) is 116 Å². The van der Waals surface area contributed by atoms with Crippen molar-refractivity contribution in [2.75, 3.05) is 33.0 Å². The van der Waals surface area contributed by atoms with Crippen molar-refractivity contribution < 1.29 is 14.3 Å². The first-order valence-corrected chi connectivity index (χ1v) is 16.0. The Hall–Kier alpha value is -0.710. The monoisotopic (exact) mass is 535 g/mol. The van der Waals surface area contributed by atoms with Gasteiger partial charge in [0.2, 0.25) is 12.1 Å². The normalized spacial score (nSPS) is 13.2. The summed E-state index contributed by atoms with van der Waals surface area (Å²) in [5.74, 6) is 0. The van der Waals surface area contributed by atoms with Gasteiger partial charge in [-0.3, -0.25) is 9.59 Å². The first kappa shape index (κ1) is 42.4. The Kier molecular flexibility index (Phi) is 25.0. The van der Waals surface area contributed by atoms with Crippen molar-refractivity contribution in [3.63, 3.8) is 0 Å². The Labute approximate surface area is 227 Å². The third kappa shape index (κ3) is 27.9. The predicted octanol–water partition coefficient (Wildman–Crippen LogP) is 7.63. The molecule has 7 heteroatoms. The molecule has 0 heterocycles. The third-order valence-electron chi connectivity index (χ3n) is 5.32. The summed E-state index contributed by atoms with van der Waals surface area (Å²) < 4.78 is 5.70. The molecule has 6 nitrogen and oxygen atoms in total. The molecule has 0 aliphatic carbocycles. The first-order valence-electron chi connectivity index (χ1n) is 13.8. The lowest BCUT2D eigenvalue weighted by atomic mass is 9.74. The van der Waals surface area contributed by atoms with Crippen LogP contribution in [-0.2, 0) is 9.53 Å². The highest BCUT2D eigenvalue weighted by Crippen LogP contribution is 2.36. The van der Waals surface area contributed by atoms with E-state index in [1.165, 1.54) is 12.8 Å². The van der Waals surface area contributed by atoms with E-state index in [0.29, 0.717) is 42.9 Å². The second-order valence-electron chi connectivity index (χ2n) is 12.3. The highest BCUT2D eigenvalue weighted by Gasteiger charge is 2.30. The number of nitrogens with two attached hydrogens (primary N) is 1. The fourth-order valence-corrected chi connectivity index (χ4v) is 4.23. The highest BCUT2D eigenvalue weighted by molar-refractivity contribution is 7.73. The van der Waals surface area contributed by atoms with Crippen LogP contribution >= 0.6 is 7.92 Å². The molecule has 0 saturated carbocycles. The number of ether oxygens (including phenoxy) is 1. The van der Waals surface area contributed by atoms with Crippen LogP contribution in [0.5, 0.6) is 0 Å². The molecule has 0 aliphatic rings. The van der Waals surface area contributed by atoms with E-state index in [1.54, 1.807) is 0 Å². The fourth-order valence-electron chi connectivity index (χ4n) is 3.84. The van der Waals surface area contributed by atoms with Gasteiger partial charge in [-0.1, -0.05) is 82.6 Å². The van der Waals surface area contributed by atoms with Crippen LogP contribution in [0.3, 0.4) is 0 Å². The third-order valence-corrected chi connectivity index (χ3v) is 6.29. The zero-order valence-electron chi connectivity index (χ0n) is 27.1. The average molecular weight is 536 g/mol. The zero-order valence-corrected chi connectivity index (χ0v) is 28.0. The van der Waals surface area contributed by atoms with Gasteiger partial charge in [0.15, 0.2) is 0 Å². The summed E-state index contributed by atoms with van der Waals surface area (Å²) in [7, 11) is -0.621. The predicted molar refractivity (Wildman–Crippen MR) is 163 cm³/mol. The zero-order chi connectivity index (χ0) is 29.8. The summed E-state index contributed by atoms with van der Waals surface area (Å²) in [5, 5.41) is 5.55. The molecule has 0 saturated heterocycles. The standard InChI is InChI=1S/C13H28O.C12H26N3O2P.2C2H6/c1-8-12(4,5)9-13(6,7)10-14-11(2)3;1-11(2,7-14-9-16)6-12(3,13)8-15-10(17)18(4)5;2*1-2/h11H,8-10H2,1-7H3;9H,6-8,13H2,1-5H3,(H,14,16)(H,15,17);2*1-2H3. The lowest BCUT2D eigenvalue weighted by Gasteiger charge is -2.34.